The monoisotopic (exact) mass is 309 g/mol. The normalized spacial score (nSPS) is 12.8. The number of phenolic OH excluding ortho intramolecular Hbond substituents is 2. The van der Waals surface area contributed by atoms with Crippen LogP contribution >= 0.6 is 0 Å². The maximum Gasteiger partial charge on any atom is 0.407 e. The molecule has 0 saturated carbocycles. The van der Waals surface area contributed by atoms with Gasteiger partial charge in [0.1, 0.15) is 17.1 Å². The number of phenols is 2. The molecule has 0 aliphatic carbocycles. The van der Waals surface area contributed by atoms with Crippen LogP contribution in [0.2, 0.25) is 0 Å². The Balaban J connectivity index is 2.85. The summed E-state index contributed by atoms with van der Waals surface area (Å²) in [4.78, 5) is 11.8. The van der Waals surface area contributed by atoms with Gasteiger partial charge in [-0.3, -0.25) is 0 Å². The molecule has 5 nitrogen and oxygen atoms in total. The lowest BCUT2D eigenvalue weighted by atomic mass is 9.92. The minimum atomic E-state index is -0.557. The highest BCUT2D eigenvalue weighted by atomic mass is 16.6. The first-order chi connectivity index (χ1) is 10.1. The molecule has 1 atom stereocenters. The maximum atomic E-state index is 11.8. The summed E-state index contributed by atoms with van der Waals surface area (Å²) >= 11 is 0. The van der Waals surface area contributed by atoms with Gasteiger partial charge < -0.3 is 20.3 Å². The first-order valence-electron chi connectivity index (χ1n) is 7.63. The molecule has 124 valence electrons. The van der Waals surface area contributed by atoms with Gasteiger partial charge in [0.25, 0.3) is 0 Å². The van der Waals surface area contributed by atoms with Crippen LogP contribution in [0.1, 0.15) is 57.6 Å². The molecule has 0 spiro atoms. The molecule has 1 amide bonds. The Kier molecular flexibility index (Phi) is 6.09. The molecule has 5 heteroatoms. The van der Waals surface area contributed by atoms with Crippen molar-refractivity contribution in [1.29, 1.82) is 0 Å². The molecule has 0 aliphatic heterocycles. The Morgan fingerprint density at radius 2 is 1.82 bits per heavy atom. The van der Waals surface area contributed by atoms with E-state index in [0.717, 1.165) is 18.4 Å². The summed E-state index contributed by atoms with van der Waals surface area (Å²) < 4.78 is 5.21. The minimum Gasteiger partial charge on any atom is -0.508 e. The van der Waals surface area contributed by atoms with Crippen LogP contribution in [0.15, 0.2) is 12.1 Å². The number of carbonyl (C=O) groups is 1. The third-order valence-corrected chi connectivity index (χ3v) is 3.22. The van der Waals surface area contributed by atoms with Crippen LogP contribution in [0.25, 0.3) is 0 Å². The molecule has 1 aromatic carbocycles. The fourth-order valence-corrected chi connectivity index (χ4v) is 2.40. The molecule has 0 saturated heterocycles. The second-order valence-corrected chi connectivity index (χ2v) is 6.59. The number of nitrogens with one attached hydrogen (secondary N) is 1. The quantitative estimate of drug-likeness (QED) is 0.772. The Bertz CT molecular complexity index is 497. The van der Waals surface area contributed by atoms with Crippen LogP contribution in [-0.2, 0) is 4.74 Å². The molecular weight excluding hydrogens is 282 g/mol. The smallest absolute Gasteiger partial charge is 0.407 e. The van der Waals surface area contributed by atoms with Gasteiger partial charge in [-0.2, -0.15) is 0 Å². The summed E-state index contributed by atoms with van der Waals surface area (Å²) in [7, 11) is 0. The van der Waals surface area contributed by atoms with Crippen molar-refractivity contribution in [3.8, 4) is 11.5 Å². The first-order valence-corrected chi connectivity index (χ1v) is 7.63. The molecular formula is C17H27NO4. The van der Waals surface area contributed by atoms with Crippen molar-refractivity contribution in [3.05, 3.63) is 23.3 Å². The topological polar surface area (TPSA) is 78.8 Å². The van der Waals surface area contributed by atoms with Crippen LogP contribution in [-0.4, -0.2) is 28.5 Å². The van der Waals surface area contributed by atoms with Crippen LogP contribution in [0.3, 0.4) is 0 Å². The zero-order valence-corrected chi connectivity index (χ0v) is 14.1. The number of rotatable bonds is 5. The van der Waals surface area contributed by atoms with E-state index >= 15 is 0 Å². The Labute approximate surface area is 132 Å². The molecule has 0 aromatic heterocycles. The molecule has 0 fully saturated rings. The van der Waals surface area contributed by atoms with Gasteiger partial charge in [-0.05, 0) is 51.8 Å². The standard InChI is InChI=1S/C17H27NO4/c1-6-7-12(10-18-16(21)22-17(3,4)5)15-13(19)8-11(2)9-14(15)20/h8-9,12,19-20H,6-7,10H2,1-5H3,(H,18,21)/t12-/m1/s1. The van der Waals surface area contributed by atoms with Crippen LogP contribution in [0.5, 0.6) is 11.5 Å². The van der Waals surface area contributed by atoms with Gasteiger partial charge in [-0.1, -0.05) is 13.3 Å². The predicted molar refractivity (Wildman–Crippen MR) is 86.4 cm³/mol. The van der Waals surface area contributed by atoms with E-state index in [2.05, 4.69) is 5.32 Å². The number of benzene rings is 1. The molecule has 1 rings (SSSR count). The van der Waals surface area contributed by atoms with Gasteiger partial charge >= 0.3 is 6.09 Å². The molecule has 0 unspecified atom stereocenters. The van der Waals surface area contributed by atoms with Crippen LogP contribution < -0.4 is 5.32 Å². The van der Waals surface area contributed by atoms with E-state index in [1.54, 1.807) is 39.8 Å². The summed E-state index contributed by atoms with van der Waals surface area (Å²) in [5.74, 6) is -0.0537. The lowest BCUT2D eigenvalue weighted by Gasteiger charge is -2.23. The van der Waals surface area contributed by atoms with Crippen molar-refractivity contribution in [2.45, 2.75) is 59.0 Å². The van der Waals surface area contributed by atoms with Gasteiger partial charge in [0.2, 0.25) is 0 Å². The third-order valence-electron chi connectivity index (χ3n) is 3.22. The van der Waals surface area contributed by atoms with Gasteiger partial charge in [0, 0.05) is 18.0 Å². The van der Waals surface area contributed by atoms with Crippen molar-refractivity contribution in [3.63, 3.8) is 0 Å². The molecule has 3 N–H and O–H groups in total. The number of carbonyl (C=O) groups excluding carboxylic acids is 1. The number of aryl methyl sites for hydroxylation is 1. The summed E-state index contributed by atoms with van der Waals surface area (Å²) in [5, 5.41) is 22.9. The highest BCUT2D eigenvalue weighted by Crippen LogP contribution is 2.37. The average Bonchev–Trinajstić information content (AvgIpc) is 2.32. The SMILES string of the molecule is CCC[C@H](CNC(=O)OC(C)(C)C)c1c(O)cc(C)cc1O. The van der Waals surface area contributed by atoms with E-state index in [9.17, 15) is 15.0 Å². The number of ether oxygens (including phenoxy) is 1. The van der Waals surface area contributed by atoms with E-state index in [4.69, 9.17) is 4.74 Å². The van der Waals surface area contributed by atoms with Crippen molar-refractivity contribution in [2.24, 2.45) is 0 Å². The van der Waals surface area contributed by atoms with Crippen molar-refractivity contribution >= 4 is 6.09 Å². The summed E-state index contributed by atoms with van der Waals surface area (Å²) in [6.07, 6.45) is 1.10. The van der Waals surface area contributed by atoms with Gasteiger partial charge in [-0.25, -0.2) is 4.79 Å². The first kappa shape index (κ1) is 18.1. The van der Waals surface area contributed by atoms with E-state index in [0.29, 0.717) is 12.1 Å². The highest BCUT2D eigenvalue weighted by Gasteiger charge is 2.22. The largest absolute Gasteiger partial charge is 0.508 e. The van der Waals surface area contributed by atoms with Crippen molar-refractivity contribution in [1.82, 2.24) is 5.32 Å². The number of amides is 1. The zero-order valence-electron chi connectivity index (χ0n) is 14.1. The van der Waals surface area contributed by atoms with Gasteiger partial charge in [0.05, 0.1) is 0 Å². The number of alkyl carbamates (subject to hydrolysis) is 1. The van der Waals surface area contributed by atoms with E-state index in [1.807, 2.05) is 6.92 Å². The Morgan fingerprint density at radius 1 is 1.27 bits per heavy atom. The zero-order chi connectivity index (χ0) is 16.9. The van der Waals surface area contributed by atoms with Gasteiger partial charge in [0.15, 0.2) is 0 Å². The van der Waals surface area contributed by atoms with Crippen LogP contribution in [0, 0.1) is 6.92 Å². The fourth-order valence-electron chi connectivity index (χ4n) is 2.40. The Hall–Kier alpha value is -1.91. The van der Waals surface area contributed by atoms with Crippen molar-refractivity contribution < 1.29 is 19.7 Å². The van der Waals surface area contributed by atoms with E-state index in [1.165, 1.54) is 0 Å². The van der Waals surface area contributed by atoms with Crippen LogP contribution in [0.4, 0.5) is 4.79 Å². The lowest BCUT2D eigenvalue weighted by Crippen LogP contribution is -2.34. The predicted octanol–water partition coefficient (Wildman–Crippen LogP) is 3.81. The average molecular weight is 309 g/mol. The molecule has 0 radical (unpaired) electrons. The second-order valence-electron chi connectivity index (χ2n) is 6.59. The van der Waals surface area contributed by atoms with Gasteiger partial charge in [-0.15, -0.1) is 0 Å². The number of aromatic hydroxyl groups is 2. The summed E-state index contributed by atoms with van der Waals surface area (Å²) in [6.45, 7) is 9.52. The molecule has 0 heterocycles. The lowest BCUT2D eigenvalue weighted by molar-refractivity contribution is 0.0523. The second kappa shape index (κ2) is 7.38. The molecule has 0 aliphatic rings. The Morgan fingerprint density at radius 3 is 2.27 bits per heavy atom. The van der Waals surface area contributed by atoms with Crippen molar-refractivity contribution in [2.75, 3.05) is 6.54 Å². The molecule has 0 bridgehead atoms. The number of hydrogen-bond acceptors (Lipinski definition) is 4. The third kappa shape index (κ3) is 5.47. The summed E-state index contributed by atoms with van der Waals surface area (Å²) in [6, 6.07) is 3.23. The fraction of sp³-hybridized carbons (Fsp3) is 0.588. The minimum absolute atomic E-state index is 0.0574. The molecule has 1 aromatic rings. The highest BCUT2D eigenvalue weighted by molar-refractivity contribution is 5.67. The maximum absolute atomic E-state index is 11.8. The van der Waals surface area contributed by atoms with E-state index in [-0.39, 0.29) is 17.4 Å². The molecule has 22 heavy (non-hydrogen) atoms. The summed E-state index contributed by atoms with van der Waals surface area (Å²) in [5.41, 5.74) is 0.705. The van der Waals surface area contributed by atoms with E-state index < -0.39 is 11.7 Å². The number of hydrogen-bond donors (Lipinski definition) is 3.